The van der Waals surface area contributed by atoms with Gasteiger partial charge in [-0.3, -0.25) is 0 Å². The first-order chi connectivity index (χ1) is 18.3. The summed E-state index contributed by atoms with van der Waals surface area (Å²) in [6.07, 6.45) is 19.6. The lowest BCUT2D eigenvalue weighted by Gasteiger charge is -2.18. The molecule has 0 N–H and O–H groups in total. The van der Waals surface area contributed by atoms with E-state index in [0.29, 0.717) is 0 Å². The molecule has 0 atom stereocenters. The normalized spacial score (nSPS) is 11.4. The zero-order chi connectivity index (χ0) is 26.1. The second-order valence-electron chi connectivity index (χ2n) is 10.6. The van der Waals surface area contributed by atoms with Crippen molar-refractivity contribution in [3.63, 3.8) is 0 Å². The highest BCUT2D eigenvalue weighted by atomic mass is 32.2. The van der Waals surface area contributed by atoms with Crippen molar-refractivity contribution in [1.29, 1.82) is 0 Å². The van der Waals surface area contributed by atoms with Crippen LogP contribution in [-0.2, 0) is 30.2 Å². The van der Waals surface area contributed by atoms with Crippen LogP contribution in [0.1, 0.15) is 115 Å². The third-order valence-electron chi connectivity index (χ3n) is 7.38. The average molecular weight is 516 g/mol. The molecule has 0 saturated heterocycles. The molecule has 0 bridgehead atoms. The molecule has 0 amide bonds. The summed E-state index contributed by atoms with van der Waals surface area (Å²) in [5.41, 5.74) is 4.84. The van der Waals surface area contributed by atoms with E-state index in [2.05, 4.69) is 93.6 Å². The largest absolute Gasteiger partial charge is 0.172 e. The molecule has 0 nitrogen and oxygen atoms in total. The molecule has 0 fully saturated rings. The van der Waals surface area contributed by atoms with Gasteiger partial charge in [0.15, 0.2) is 14.7 Å². The summed E-state index contributed by atoms with van der Waals surface area (Å²) < 4.78 is 0. The molecule has 200 valence electrons. The molecule has 0 aromatic heterocycles. The molecule has 0 spiro atoms. The number of benzene rings is 3. The SMILES string of the molecule is CCCCCCc1cc(CCCCCC)c([S+](c2ccccc2)c2ccccc2)c(CCCCCC)c1. The van der Waals surface area contributed by atoms with Crippen molar-refractivity contribution in [2.45, 2.75) is 132 Å². The highest BCUT2D eigenvalue weighted by Crippen LogP contribution is 2.38. The molecular weight excluding hydrogens is 464 g/mol. The third kappa shape index (κ3) is 9.68. The molecule has 3 aromatic carbocycles. The predicted molar refractivity (Wildman–Crippen MR) is 165 cm³/mol. The molecule has 0 radical (unpaired) electrons. The first-order valence-corrected chi connectivity index (χ1v) is 16.5. The average Bonchev–Trinajstić information content (AvgIpc) is 2.94. The van der Waals surface area contributed by atoms with Gasteiger partial charge in [0.25, 0.3) is 0 Å². The van der Waals surface area contributed by atoms with Crippen molar-refractivity contribution in [2.24, 2.45) is 0 Å². The Morgan fingerprint density at radius 1 is 0.459 bits per heavy atom. The van der Waals surface area contributed by atoms with E-state index in [4.69, 9.17) is 0 Å². The maximum atomic E-state index is 2.62. The summed E-state index contributed by atoms with van der Waals surface area (Å²) in [6.45, 7) is 6.95. The lowest BCUT2D eigenvalue weighted by molar-refractivity contribution is 0.648. The van der Waals surface area contributed by atoms with Crippen LogP contribution >= 0.6 is 0 Å². The van der Waals surface area contributed by atoms with Crippen LogP contribution in [0.5, 0.6) is 0 Å². The van der Waals surface area contributed by atoms with Crippen molar-refractivity contribution in [3.05, 3.63) is 89.5 Å². The zero-order valence-electron chi connectivity index (χ0n) is 23.9. The van der Waals surface area contributed by atoms with Crippen molar-refractivity contribution < 1.29 is 0 Å². The van der Waals surface area contributed by atoms with E-state index >= 15 is 0 Å². The van der Waals surface area contributed by atoms with Crippen LogP contribution in [0.4, 0.5) is 0 Å². The fourth-order valence-electron chi connectivity index (χ4n) is 5.33. The molecule has 0 heterocycles. The van der Waals surface area contributed by atoms with Crippen LogP contribution in [-0.4, -0.2) is 0 Å². The number of aryl methyl sites for hydroxylation is 3. The van der Waals surface area contributed by atoms with Crippen LogP contribution in [0.3, 0.4) is 0 Å². The molecule has 3 rings (SSSR count). The summed E-state index contributed by atoms with van der Waals surface area (Å²) in [4.78, 5) is 4.55. The van der Waals surface area contributed by atoms with Crippen LogP contribution in [0, 0.1) is 0 Å². The Bertz CT molecular complexity index is 919. The Balaban J connectivity index is 2.09. The van der Waals surface area contributed by atoms with Gasteiger partial charge in [0.05, 0.1) is 10.9 Å². The Morgan fingerprint density at radius 2 is 0.865 bits per heavy atom. The molecular formula is C36H51S+. The Kier molecular flexibility index (Phi) is 14.0. The third-order valence-corrected chi connectivity index (χ3v) is 9.80. The molecule has 0 aliphatic rings. The van der Waals surface area contributed by atoms with Crippen LogP contribution in [0.2, 0.25) is 0 Å². The van der Waals surface area contributed by atoms with Gasteiger partial charge in [0, 0.05) is 11.1 Å². The van der Waals surface area contributed by atoms with Gasteiger partial charge in [0.1, 0.15) is 0 Å². The van der Waals surface area contributed by atoms with Gasteiger partial charge < -0.3 is 0 Å². The van der Waals surface area contributed by atoms with Crippen molar-refractivity contribution in [3.8, 4) is 0 Å². The first kappa shape index (κ1) is 29.6. The van der Waals surface area contributed by atoms with Crippen molar-refractivity contribution in [1.82, 2.24) is 0 Å². The monoisotopic (exact) mass is 515 g/mol. The zero-order valence-corrected chi connectivity index (χ0v) is 24.8. The number of hydrogen-bond donors (Lipinski definition) is 0. The van der Waals surface area contributed by atoms with Gasteiger partial charge in [-0.15, -0.1) is 0 Å². The molecule has 3 aromatic rings. The minimum absolute atomic E-state index is 0.0692. The first-order valence-electron chi connectivity index (χ1n) is 15.3. The topological polar surface area (TPSA) is 0 Å². The predicted octanol–water partition coefficient (Wildman–Crippen LogP) is 11.2. The Morgan fingerprint density at radius 3 is 1.27 bits per heavy atom. The van der Waals surface area contributed by atoms with E-state index in [9.17, 15) is 0 Å². The molecule has 0 unspecified atom stereocenters. The van der Waals surface area contributed by atoms with E-state index in [0.717, 1.165) is 0 Å². The Hall–Kier alpha value is -1.99. The van der Waals surface area contributed by atoms with E-state index in [1.165, 1.54) is 106 Å². The van der Waals surface area contributed by atoms with Gasteiger partial charge in [-0.25, -0.2) is 0 Å². The van der Waals surface area contributed by atoms with Crippen LogP contribution in [0.15, 0.2) is 87.5 Å². The molecule has 0 aliphatic heterocycles. The quantitative estimate of drug-likeness (QED) is 0.117. The van der Waals surface area contributed by atoms with Crippen LogP contribution < -0.4 is 0 Å². The summed E-state index contributed by atoms with van der Waals surface area (Å²) in [6, 6.07) is 27.9. The van der Waals surface area contributed by atoms with Gasteiger partial charge in [-0.1, -0.05) is 127 Å². The molecule has 0 saturated carbocycles. The highest BCUT2D eigenvalue weighted by molar-refractivity contribution is 7.97. The second kappa shape index (κ2) is 17.5. The minimum Gasteiger partial charge on any atom is -0.0654 e. The fraction of sp³-hybridized carbons (Fsp3) is 0.500. The van der Waals surface area contributed by atoms with Gasteiger partial charge in [0.2, 0.25) is 0 Å². The van der Waals surface area contributed by atoms with Crippen molar-refractivity contribution >= 4 is 10.9 Å². The standard InChI is InChI=1S/C36H51S/c1-4-7-10-15-22-31-29-32(23-16-11-8-5-2)36(33(30-31)24-17-12-9-6-3)37(34-25-18-13-19-26-34)35-27-20-14-21-28-35/h13-14,18-21,25-30H,4-12,15-17,22-24H2,1-3H3/q+1. The summed E-state index contributed by atoms with van der Waals surface area (Å²) in [5, 5.41) is 0. The van der Waals surface area contributed by atoms with E-state index < -0.39 is 0 Å². The lowest BCUT2D eigenvalue weighted by Crippen LogP contribution is -2.13. The van der Waals surface area contributed by atoms with E-state index in [-0.39, 0.29) is 10.9 Å². The van der Waals surface area contributed by atoms with E-state index in [1.807, 2.05) is 0 Å². The summed E-state index contributed by atoms with van der Waals surface area (Å²) in [7, 11) is -0.0692. The number of unbranched alkanes of at least 4 members (excludes halogenated alkanes) is 9. The minimum atomic E-state index is -0.0692. The number of hydrogen-bond acceptors (Lipinski definition) is 0. The maximum Gasteiger partial charge on any atom is 0.172 e. The van der Waals surface area contributed by atoms with Crippen molar-refractivity contribution in [2.75, 3.05) is 0 Å². The fourth-order valence-corrected chi connectivity index (χ4v) is 7.78. The number of rotatable bonds is 18. The molecule has 1 heteroatoms. The van der Waals surface area contributed by atoms with Gasteiger partial charge in [-0.05, 0) is 68.4 Å². The molecule has 37 heavy (non-hydrogen) atoms. The van der Waals surface area contributed by atoms with Crippen LogP contribution in [0.25, 0.3) is 0 Å². The highest BCUT2D eigenvalue weighted by Gasteiger charge is 2.33. The van der Waals surface area contributed by atoms with Gasteiger partial charge >= 0.3 is 0 Å². The summed E-state index contributed by atoms with van der Waals surface area (Å²) in [5.74, 6) is 0. The smallest absolute Gasteiger partial charge is 0.0654 e. The Labute approximate surface area is 231 Å². The maximum absolute atomic E-state index is 2.62. The lowest BCUT2D eigenvalue weighted by atomic mass is 9.95. The van der Waals surface area contributed by atoms with E-state index in [1.54, 1.807) is 21.6 Å². The molecule has 0 aliphatic carbocycles. The second-order valence-corrected chi connectivity index (χ2v) is 12.6. The van der Waals surface area contributed by atoms with Gasteiger partial charge in [-0.2, -0.15) is 0 Å². The summed E-state index contributed by atoms with van der Waals surface area (Å²) >= 11 is 0.